The van der Waals surface area contributed by atoms with E-state index < -0.39 is 0 Å². The van der Waals surface area contributed by atoms with Gasteiger partial charge in [0.2, 0.25) is 0 Å². The third-order valence-corrected chi connectivity index (χ3v) is 3.44. The lowest BCUT2D eigenvalue weighted by Gasteiger charge is -2.08. The van der Waals surface area contributed by atoms with Crippen LogP contribution >= 0.6 is 0 Å². The van der Waals surface area contributed by atoms with Crippen LogP contribution in [-0.2, 0) is 0 Å². The molecule has 0 radical (unpaired) electrons. The molecule has 114 valence electrons. The monoisotopic (exact) mass is 299 g/mol. The Hall–Kier alpha value is -3.06. The highest BCUT2D eigenvalue weighted by atomic mass is 14.9. The van der Waals surface area contributed by atoms with Crippen molar-refractivity contribution in [3.05, 3.63) is 116 Å². The van der Waals surface area contributed by atoms with Crippen molar-refractivity contribution < 1.29 is 0 Å². The molecule has 0 fully saturated rings. The molecular formula is C22H21N. The van der Waals surface area contributed by atoms with Gasteiger partial charge in [-0.15, -0.1) is 0 Å². The number of benzene rings is 2. The lowest BCUT2D eigenvalue weighted by Crippen LogP contribution is -1.95. The topological polar surface area (TPSA) is 12.0 Å². The van der Waals surface area contributed by atoms with E-state index in [1.54, 1.807) is 6.08 Å². The van der Waals surface area contributed by atoms with E-state index in [4.69, 9.17) is 0 Å². The Bertz CT molecular complexity index is 746. The van der Waals surface area contributed by atoms with Crippen LogP contribution in [0.15, 0.2) is 116 Å². The molecule has 0 spiro atoms. The Balaban J connectivity index is 2.00. The predicted octanol–water partition coefficient (Wildman–Crippen LogP) is 6.13. The molecule has 2 rings (SSSR count). The van der Waals surface area contributed by atoms with E-state index in [0.29, 0.717) is 0 Å². The third kappa shape index (κ3) is 4.72. The normalized spacial score (nSPS) is 10.3. The second kappa shape index (κ2) is 7.81. The maximum absolute atomic E-state index is 3.99. The first-order chi connectivity index (χ1) is 11.1. The van der Waals surface area contributed by atoms with Crippen molar-refractivity contribution in [3.63, 3.8) is 0 Å². The molecule has 0 aliphatic rings. The van der Waals surface area contributed by atoms with Crippen molar-refractivity contribution in [2.45, 2.75) is 0 Å². The molecule has 23 heavy (non-hydrogen) atoms. The molecule has 1 N–H and O–H groups in total. The minimum atomic E-state index is 0.787. The molecule has 0 saturated heterocycles. The van der Waals surface area contributed by atoms with Gasteiger partial charge in [0.15, 0.2) is 0 Å². The van der Waals surface area contributed by atoms with Crippen LogP contribution in [0.3, 0.4) is 0 Å². The second-order valence-corrected chi connectivity index (χ2v) is 5.18. The zero-order valence-electron chi connectivity index (χ0n) is 13.3. The highest BCUT2D eigenvalue weighted by molar-refractivity contribution is 5.66. The van der Waals surface area contributed by atoms with Crippen molar-refractivity contribution in [1.29, 1.82) is 0 Å². The zero-order valence-corrected chi connectivity index (χ0v) is 13.3. The summed E-state index contributed by atoms with van der Waals surface area (Å²) in [4.78, 5) is 0. The summed E-state index contributed by atoms with van der Waals surface area (Å²) in [5.41, 5.74) is 5.80. The summed E-state index contributed by atoms with van der Waals surface area (Å²) < 4.78 is 0. The average Bonchev–Trinajstić information content (AvgIpc) is 2.60. The molecule has 2 aromatic rings. The molecule has 0 unspecified atom stereocenters. The van der Waals surface area contributed by atoms with Crippen molar-refractivity contribution in [2.75, 3.05) is 5.32 Å². The van der Waals surface area contributed by atoms with Gasteiger partial charge in [-0.3, -0.25) is 0 Å². The van der Waals surface area contributed by atoms with Gasteiger partial charge in [-0.1, -0.05) is 80.9 Å². The van der Waals surface area contributed by atoms with E-state index in [0.717, 1.165) is 22.5 Å². The van der Waals surface area contributed by atoms with Crippen LogP contribution in [0.25, 0.3) is 11.1 Å². The average molecular weight is 299 g/mol. The molecule has 0 saturated carbocycles. The maximum atomic E-state index is 3.99. The number of hydrogen-bond acceptors (Lipinski definition) is 1. The van der Waals surface area contributed by atoms with E-state index in [1.165, 1.54) is 11.1 Å². The minimum Gasteiger partial charge on any atom is -0.356 e. The van der Waals surface area contributed by atoms with Crippen LogP contribution in [0.5, 0.6) is 0 Å². The van der Waals surface area contributed by atoms with Gasteiger partial charge in [-0.25, -0.2) is 0 Å². The molecular weight excluding hydrogens is 278 g/mol. The Morgan fingerprint density at radius 1 is 0.739 bits per heavy atom. The van der Waals surface area contributed by atoms with Crippen LogP contribution in [0.2, 0.25) is 0 Å². The quantitative estimate of drug-likeness (QED) is 0.606. The Morgan fingerprint density at radius 3 is 1.96 bits per heavy atom. The van der Waals surface area contributed by atoms with Crippen LogP contribution in [0.1, 0.15) is 0 Å². The first-order valence-corrected chi connectivity index (χ1v) is 7.40. The third-order valence-electron chi connectivity index (χ3n) is 3.44. The smallest absolute Gasteiger partial charge is 0.0384 e. The maximum Gasteiger partial charge on any atom is 0.0384 e. The summed E-state index contributed by atoms with van der Waals surface area (Å²) >= 11 is 0. The van der Waals surface area contributed by atoms with Crippen LogP contribution in [-0.4, -0.2) is 0 Å². The zero-order chi connectivity index (χ0) is 16.7. The van der Waals surface area contributed by atoms with Gasteiger partial charge in [-0.2, -0.15) is 0 Å². The Morgan fingerprint density at radius 2 is 1.35 bits per heavy atom. The Kier molecular flexibility index (Phi) is 5.54. The van der Waals surface area contributed by atoms with Crippen LogP contribution in [0.4, 0.5) is 5.69 Å². The Labute approximate surface area is 138 Å². The number of anilines is 1. The number of rotatable bonds is 7. The van der Waals surface area contributed by atoms with Gasteiger partial charge in [0, 0.05) is 11.4 Å². The number of hydrogen-bond donors (Lipinski definition) is 1. The highest BCUT2D eigenvalue weighted by Crippen LogP contribution is 2.21. The SMILES string of the molecule is C=CC(=C)C(=C)/C=C\C(=C)Nc1ccc(-c2ccccc2)cc1. The van der Waals surface area contributed by atoms with Crippen molar-refractivity contribution >= 4 is 5.69 Å². The summed E-state index contributed by atoms with van der Waals surface area (Å²) in [7, 11) is 0. The number of allylic oxidation sites excluding steroid dienone is 5. The van der Waals surface area contributed by atoms with Crippen molar-refractivity contribution in [3.8, 4) is 11.1 Å². The fourth-order valence-electron chi connectivity index (χ4n) is 2.04. The minimum absolute atomic E-state index is 0.787. The summed E-state index contributed by atoms with van der Waals surface area (Å²) in [6, 6.07) is 18.6. The first kappa shape index (κ1) is 16.3. The molecule has 0 aliphatic heterocycles. The lowest BCUT2D eigenvalue weighted by molar-refractivity contribution is 1.48. The van der Waals surface area contributed by atoms with E-state index in [9.17, 15) is 0 Å². The van der Waals surface area contributed by atoms with E-state index in [1.807, 2.05) is 42.5 Å². The molecule has 0 aromatic heterocycles. The van der Waals surface area contributed by atoms with Gasteiger partial charge in [0.1, 0.15) is 0 Å². The molecule has 0 heterocycles. The summed E-state index contributed by atoms with van der Waals surface area (Å²) in [5, 5.41) is 3.25. The van der Waals surface area contributed by atoms with E-state index in [2.05, 4.69) is 55.9 Å². The van der Waals surface area contributed by atoms with Gasteiger partial charge >= 0.3 is 0 Å². The predicted molar refractivity (Wildman–Crippen MR) is 102 cm³/mol. The number of nitrogens with one attached hydrogen (secondary N) is 1. The molecule has 0 bridgehead atoms. The fourth-order valence-corrected chi connectivity index (χ4v) is 2.04. The summed E-state index contributed by atoms with van der Waals surface area (Å²) in [6.45, 7) is 15.4. The molecule has 1 heteroatoms. The van der Waals surface area contributed by atoms with Crippen LogP contribution in [0, 0.1) is 0 Å². The molecule has 0 amide bonds. The molecule has 2 aromatic carbocycles. The summed E-state index contributed by atoms with van der Waals surface area (Å²) in [6.07, 6.45) is 5.44. The molecule has 0 aliphatic carbocycles. The van der Waals surface area contributed by atoms with Gasteiger partial charge < -0.3 is 5.32 Å². The fraction of sp³-hybridized carbons (Fsp3) is 0. The van der Waals surface area contributed by atoms with E-state index >= 15 is 0 Å². The summed E-state index contributed by atoms with van der Waals surface area (Å²) in [5.74, 6) is 0. The van der Waals surface area contributed by atoms with E-state index in [-0.39, 0.29) is 0 Å². The first-order valence-electron chi connectivity index (χ1n) is 7.40. The standard InChI is InChI=1S/C22H21N/c1-5-17(2)18(3)11-12-19(4)23-22-15-13-21(14-16-22)20-9-7-6-8-10-20/h5-16,23H,1-4H2/b12-11-. The second-order valence-electron chi connectivity index (χ2n) is 5.18. The van der Waals surface area contributed by atoms with Gasteiger partial charge in [0.05, 0.1) is 0 Å². The van der Waals surface area contributed by atoms with Gasteiger partial charge in [-0.05, 0) is 40.5 Å². The highest BCUT2D eigenvalue weighted by Gasteiger charge is 1.98. The largest absolute Gasteiger partial charge is 0.356 e. The lowest BCUT2D eigenvalue weighted by atomic mass is 10.1. The molecule has 0 atom stereocenters. The van der Waals surface area contributed by atoms with Crippen molar-refractivity contribution in [2.24, 2.45) is 0 Å². The van der Waals surface area contributed by atoms with Gasteiger partial charge in [0.25, 0.3) is 0 Å². The molecule has 1 nitrogen and oxygen atoms in total. The van der Waals surface area contributed by atoms with Crippen LogP contribution < -0.4 is 5.32 Å². The van der Waals surface area contributed by atoms with Crippen molar-refractivity contribution in [1.82, 2.24) is 0 Å².